The molecule has 0 aromatic heterocycles. The van der Waals surface area contributed by atoms with Crippen molar-refractivity contribution in [2.45, 2.75) is 17.5 Å². The Labute approximate surface area is 103 Å². The van der Waals surface area contributed by atoms with Gasteiger partial charge in [0.1, 0.15) is 6.17 Å². The Hall–Kier alpha value is -1.54. The highest BCUT2D eigenvalue weighted by Gasteiger charge is 2.32. The Bertz CT molecular complexity index is 558. The van der Waals surface area contributed by atoms with Crippen LogP contribution in [0.25, 0.3) is 0 Å². The Morgan fingerprint density at radius 2 is 1.94 bits per heavy atom. The fraction of sp³-hybridized carbons (Fsp3) is 0.400. The first-order chi connectivity index (χ1) is 8.41. The maximum absolute atomic E-state index is 13.0. The van der Waals surface area contributed by atoms with Crippen molar-refractivity contribution in [1.82, 2.24) is 4.31 Å². The van der Waals surface area contributed by atoms with Gasteiger partial charge in [-0.1, -0.05) is 0 Å². The molecule has 0 amide bonds. The van der Waals surface area contributed by atoms with Crippen molar-refractivity contribution >= 4 is 15.7 Å². The van der Waals surface area contributed by atoms with Gasteiger partial charge in [-0.05, 0) is 18.6 Å². The van der Waals surface area contributed by atoms with E-state index in [1.54, 1.807) is 0 Å². The molecule has 1 atom stereocenters. The van der Waals surface area contributed by atoms with Gasteiger partial charge in [0.15, 0.2) is 0 Å². The van der Waals surface area contributed by atoms with Gasteiger partial charge in [0.25, 0.3) is 5.69 Å². The quantitative estimate of drug-likeness (QED) is 0.615. The number of hydrogen-bond donors (Lipinski definition) is 0. The first-order valence-electron chi connectivity index (χ1n) is 5.30. The maximum atomic E-state index is 13.0. The van der Waals surface area contributed by atoms with Crippen LogP contribution < -0.4 is 0 Å². The smallest absolute Gasteiger partial charge is 0.258 e. The zero-order valence-electron chi connectivity index (χ0n) is 9.32. The van der Waals surface area contributed by atoms with Crippen LogP contribution in [0.5, 0.6) is 0 Å². The molecule has 0 aliphatic carbocycles. The van der Waals surface area contributed by atoms with Gasteiger partial charge in [-0.15, -0.1) is 0 Å². The van der Waals surface area contributed by atoms with E-state index in [1.807, 2.05) is 0 Å². The molecule has 8 heteroatoms. The fourth-order valence-corrected chi connectivity index (χ4v) is 3.28. The summed E-state index contributed by atoms with van der Waals surface area (Å²) in [6.45, 7) is -0.0141. The Kier molecular flexibility index (Phi) is 3.31. The second kappa shape index (κ2) is 4.62. The maximum Gasteiger partial charge on any atom is 0.269 e. The average Bonchev–Trinajstić information content (AvgIpc) is 2.76. The van der Waals surface area contributed by atoms with Crippen LogP contribution in [0.2, 0.25) is 0 Å². The number of rotatable bonds is 3. The van der Waals surface area contributed by atoms with Crippen LogP contribution in [-0.4, -0.2) is 36.9 Å². The minimum absolute atomic E-state index is 0.0535. The molecule has 0 unspecified atom stereocenters. The number of sulfonamides is 1. The molecular weight excluding hydrogens is 263 g/mol. The average molecular weight is 274 g/mol. The number of halogens is 1. The highest BCUT2D eigenvalue weighted by molar-refractivity contribution is 7.89. The van der Waals surface area contributed by atoms with Crippen molar-refractivity contribution in [2.24, 2.45) is 0 Å². The molecule has 0 bridgehead atoms. The van der Waals surface area contributed by atoms with Crippen molar-refractivity contribution in [2.75, 3.05) is 13.1 Å². The van der Waals surface area contributed by atoms with E-state index in [2.05, 4.69) is 0 Å². The lowest BCUT2D eigenvalue weighted by Gasteiger charge is -2.15. The molecule has 0 saturated carbocycles. The number of nitro benzene ring substituents is 1. The van der Waals surface area contributed by atoms with Crippen molar-refractivity contribution in [3.8, 4) is 0 Å². The van der Waals surface area contributed by atoms with Crippen LogP contribution >= 0.6 is 0 Å². The molecule has 1 aliphatic heterocycles. The first kappa shape index (κ1) is 12.9. The summed E-state index contributed by atoms with van der Waals surface area (Å²) in [4.78, 5) is 9.80. The van der Waals surface area contributed by atoms with E-state index in [1.165, 1.54) is 12.1 Å². The van der Waals surface area contributed by atoms with Crippen LogP contribution in [0.4, 0.5) is 10.1 Å². The lowest BCUT2D eigenvalue weighted by Crippen LogP contribution is -2.29. The molecule has 18 heavy (non-hydrogen) atoms. The highest BCUT2D eigenvalue weighted by Crippen LogP contribution is 2.23. The molecule has 6 nitrogen and oxygen atoms in total. The van der Waals surface area contributed by atoms with Gasteiger partial charge >= 0.3 is 0 Å². The summed E-state index contributed by atoms with van der Waals surface area (Å²) in [5.74, 6) is 0. The molecule has 0 radical (unpaired) electrons. The van der Waals surface area contributed by atoms with Gasteiger partial charge in [0, 0.05) is 25.2 Å². The third-order valence-corrected chi connectivity index (χ3v) is 4.66. The molecule has 1 aromatic rings. The van der Waals surface area contributed by atoms with Crippen LogP contribution in [0, 0.1) is 10.1 Å². The minimum Gasteiger partial charge on any atom is -0.258 e. The minimum atomic E-state index is -3.74. The Morgan fingerprint density at radius 1 is 1.33 bits per heavy atom. The summed E-state index contributed by atoms with van der Waals surface area (Å²) < 4.78 is 38.1. The standard InChI is InChI=1S/C10H11FN2O4S/c11-8-5-6-12(7-8)18(16,17)10-3-1-9(2-4-10)13(14)15/h1-4,8H,5-7H2/t8-/m0/s1. The number of nitro groups is 1. The van der Waals surface area contributed by atoms with Crippen molar-refractivity contribution in [3.05, 3.63) is 34.4 Å². The van der Waals surface area contributed by atoms with Crippen LogP contribution in [0.15, 0.2) is 29.2 Å². The molecule has 0 N–H and O–H groups in total. The van der Waals surface area contributed by atoms with E-state index in [-0.39, 0.29) is 30.1 Å². The number of hydrogen-bond acceptors (Lipinski definition) is 4. The molecule has 1 aromatic carbocycles. The summed E-state index contributed by atoms with van der Waals surface area (Å²) in [6, 6.07) is 4.57. The zero-order chi connectivity index (χ0) is 13.3. The van der Waals surface area contributed by atoms with Crippen LogP contribution in [0.3, 0.4) is 0 Å². The summed E-state index contributed by atoms with van der Waals surface area (Å²) in [5, 5.41) is 10.5. The third-order valence-electron chi connectivity index (χ3n) is 2.78. The third kappa shape index (κ3) is 2.34. The predicted molar refractivity (Wildman–Crippen MR) is 61.4 cm³/mol. The van der Waals surface area contributed by atoms with Gasteiger partial charge in [-0.25, -0.2) is 12.8 Å². The molecule has 1 aliphatic rings. The predicted octanol–water partition coefficient (Wildman–Crippen LogP) is 1.33. The SMILES string of the molecule is O=[N+]([O-])c1ccc(S(=O)(=O)N2CC[C@H](F)C2)cc1. The van der Waals surface area contributed by atoms with E-state index in [0.717, 1.165) is 16.4 Å². The largest absolute Gasteiger partial charge is 0.269 e. The fourth-order valence-electron chi connectivity index (χ4n) is 1.79. The molecular formula is C10H11FN2O4S. The Morgan fingerprint density at radius 3 is 2.39 bits per heavy atom. The second-order valence-electron chi connectivity index (χ2n) is 4.00. The topological polar surface area (TPSA) is 80.5 Å². The van der Waals surface area contributed by atoms with E-state index in [9.17, 15) is 22.9 Å². The van der Waals surface area contributed by atoms with E-state index in [0.29, 0.717) is 0 Å². The molecule has 1 heterocycles. The van der Waals surface area contributed by atoms with Gasteiger partial charge < -0.3 is 0 Å². The van der Waals surface area contributed by atoms with Gasteiger partial charge in [0.2, 0.25) is 10.0 Å². The zero-order valence-corrected chi connectivity index (χ0v) is 10.1. The van der Waals surface area contributed by atoms with Crippen molar-refractivity contribution in [1.29, 1.82) is 0 Å². The molecule has 0 spiro atoms. The lowest BCUT2D eigenvalue weighted by molar-refractivity contribution is -0.384. The number of nitrogens with zero attached hydrogens (tertiary/aromatic N) is 2. The molecule has 1 fully saturated rings. The van der Waals surface area contributed by atoms with Crippen molar-refractivity contribution in [3.63, 3.8) is 0 Å². The number of non-ortho nitro benzene ring substituents is 1. The lowest BCUT2D eigenvalue weighted by atomic mass is 10.3. The first-order valence-corrected chi connectivity index (χ1v) is 6.74. The van der Waals surface area contributed by atoms with Gasteiger partial charge in [0.05, 0.1) is 9.82 Å². The summed E-state index contributed by atoms with van der Waals surface area (Å²) in [7, 11) is -3.74. The van der Waals surface area contributed by atoms with Crippen LogP contribution in [-0.2, 0) is 10.0 Å². The molecule has 1 saturated heterocycles. The highest BCUT2D eigenvalue weighted by atomic mass is 32.2. The number of alkyl halides is 1. The monoisotopic (exact) mass is 274 g/mol. The summed E-state index contributed by atoms with van der Waals surface area (Å²) in [6.07, 6.45) is -0.954. The molecule has 98 valence electrons. The second-order valence-corrected chi connectivity index (χ2v) is 5.94. The van der Waals surface area contributed by atoms with Gasteiger partial charge in [-0.2, -0.15) is 4.31 Å². The van der Waals surface area contributed by atoms with E-state index in [4.69, 9.17) is 0 Å². The van der Waals surface area contributed by atoms with E-state index < -0.39 is 21.1 Å². The molecule has 2 rings (SSSR count). The Balaban J connectivity index is 2.27. The van der Waals surface area contributed by atoms with Crippen LogP contribution in [0.1, 0.15) is 6.42 Å². The summed E-state index contributed by atoms with van der Waals surface area (Å²) in [5.41, 5.74) is -0.182. The summed E-state index contributed by atoms with van der Waals surface area (Å²) >= 11 is 0. The van der Waals surface area contributed by atoms with E-state index >= 15 is 0 Å². The van der Waals surface area contributed by atoms with Gasteiger partial charge in [-0.3, -0.25) is 10.1 Å². The normalized spacial score (nSPS) is 21.1. The number of benzene rings is 1. The van der Waals surface area contributed by atoms with Crippen molar-refractivity contribution < 1.29 is 17.7 Å².